The van der Waals surface area contributed by atoms with Gasteiger partial charge in [0.25, 0.3) is 0 Å². The van der Waals surface area contributed by atoms with E-state index in [4.69, 9.17) is 11.6 Å². The van der Waals surface area contributed by atoms with Crippen LogP contribution in [0.5, 0.6) is 0 Å². The number of Topliss-reactive ketones (excluding diaryl/α,β-unsaturated/α-hetero) is 1. The minimum Gasteiger partial charge on any atom is -0.481 e. The van der Waals surface area contributed by atoms with Crippen LogP contribution in [-0.2, 0) is 9.59 Å². The minimum absolute atomic E-state index is 0.216. The van der Waals surface area contributed by atoms with E-state index in [1.807, 2.05) is 0 Å². The van der Waals surface area contributed by atoms with Crippen molar-refractivity contribution in [2.45, 2.75) is 46.0 Å². The average Bonchev–Trinajstić information content (AvgIpc) is 2.24. The second-order valence-corrected chi connectivity index (χ2v) is 6.51. The van der Waals surface area contributed by atoms with Crippen LogP contribution in [0.1, 0.15) is 40.0 Å². The van der Waals surface area contributed by atoms with Crippen molar-refractivity contribution in [3.8, 4) is 0 Å². The lowest BCUT2D eigenvalue weighted by Gasteiger charge is -2.50. The summed E-state index contributed by atoms with van der Waals surface area (Å²) in [5.74, 6) is -6.49. The predicted octanol–water partition coefficient (Wildman–Crippen LogP) is 3.35. The number of rotatable bonds is 3. The van der Waals surface area contributed by atoms with Gasteiger partial charge in [0.2, 0.25) is 5.92 Å². The highest BCUT2D eigenvalue weighted by atomic mass is 35.5. The van der Waals surface area contributed by atoms with Crippen LogP contribution in [0.15, 0.2) is 0 Å². The molecule has 3 nitrogen and oxygen atoms in total. The SMILES string of the molecule is CC(C)(C)C1(C(=O)O)CCC(F)(F)CC1C(=O)CCl. The number of carbonyl (C=O) groups excluding carboxylic acids is 1. The number of halogens is 3. The van der Waals surface area contributed by atoms with E-state index in [1.54, 1.807) is 20.8 Å². The van der Waals surface area contributed by atoms with Crippen molar-refractivity contribution in [1.82, 2.24) is 0 Å². The van der Waals surface area contributed by atoms with E-state index in [-0.39, 0.29) is 6.42 Å². The fourth-order valence-electron chi connectivity index (χ4n) is 3.09. The highest BCUT2D eigenvalue weighted by Gasteiger charge is 2.61. The Kier molecular flexibility index (Phi) is 4.30. The maximum atomic E-state index is 13.6. The monoisotopic (exact) mass is 296 g/mol. The van der Waals surface area contributed by atoms with E-state index in [0.717, 1.165) is 0 Å². The first-order valence-corrected chi connectivity index (χ1v) is 6.71. The molecule has 1 saturated carbocycles. The quantitative estimate of drug-likeness (QED) is 0.813. The van der Waals surface area contributed by atoms with Crippen molar-refractivity contribution in [3.63, 3.8) is 0 Å². The zero-order chi connectivity index (χ0) is 15.1. The highest BCUT2D eigenvalue weighted by Crippen LogP contribution is 2.56. The highest BCUT2D eigenvalue weighted by molar-refractivity contribution is 6.28. The van der Waals surface area contributed by atoms with Gasteiger partial charge in [-0.1, -0.05) is 20.8 Å². The van der Waals surface area contributed by atoms with Gasteiger partial charge in [-0.25, -0.2) is 8.78 Å². The summed E-state index contributed by atoms with van der Waals surface area (Å²) in [7, 11) is 0. The number of aliphatic carboxylic acids is 1. The lowest BCUT2D eigenvalue weighted by atomic mass is 9.52. The fraction of sp³-hybridized carbons (Fsp3) is 0.846. The molecule has 1 aliphatic carbocycles. The summed E-state index contributed by atoms with van der Waals surface area (Å²) in [5.41, 5.74) is -2.29. The van der Waals surface area contributed by atoms with Crippen LogP contribution in [-0.4, -0.2) is 28.7 Å². The van der Waals surface area contributed by atoms with E-state index < -0.39 is 53.1 Å². The third kappa shape index (κ3) is 2.76. The van der Waals surface area contributed by atoms with E-state index >= 15 is 0 Å². The van der Waals surface area contributed by atoms with Crippen molar-refractivity contribution in [2.75, 3.05) is 5.88 Å². The van der Waals surface area contributed by atoms with Crippen LogP contribution >= 0.6 is 11.6 Å². The molecule has 1 fully saturated rings. The molecule has 0 spiro atoms. The van der Waals surface area contributed by atoms with Crippen LogP contribution in [0.25, 0.3) is 0 Å². The Labute approximate surface area is 116 Å². The lowest BCUT2D eigenvalue weighted by molar-refractivity contribution is -0.184. The predicted molar refractivity (Wildman–Crippen MR) is 67.5 cm³/mol. The van der Waals surface area contributed by atoms with Gasteiger partial charge in [0.1, 0.15) is 0 Å². The van der Waals surface area contributed by atoms with Crippen LogP contribution < -0.4 is 0 Å². The van der Waals surface area contributed by atoms with Gasteiger partial charge in [-0.3, -0.25) is 9.59 Å². The summed E-state index contributed by atoms with van der Waals surface area (Å²) in [5, 5.41) is 9.57. The number of ketones is 1. The number of alkyl halides is 3. The van der Waals surface area contributed by atoms with Crippen molar-refractivity contribution in [3.05, 3.63) is 0 Å². The number of hydrogen-bond donors (Lipinski definition) is 1. The molecule has 0 aromatic heterocycles. The average molecular weight is 297 g/mol. The zero-order valence-corrected chi connectivity index (χ0v) is 12.1. The van der Waals surface area contributed by atoms with Gasteiger partial charge in [-0.2, -0.15) is 0 Å². The Morgan fingerprint density at radius 2 is 1.84 bits per heavy atom. The molecular weight excluding hydrogens is 278 g/mol. The molecule has 110 valence electrons. The molecule has 0 amide bonds. The fourth-order valence-corrected chi connectivity index (χ4v) is 3.27. The maximum Gasteiger partial charge on any atom is 0.310 e. The molecule has 0 aromatic rings. The van der Waals surface area contributed by atoms with Crippen molar-refractivity contribution in [1.29, 1.82) is 0 Å². The Balaban J connectivity index is 3.34. The van der Waals surface area contributed by atoms with Gasteiger partial charge >= 0.3 is 5.97 Å². The summed E-state index contributed by atoms with van der Waals surface area (Å²) in [6.07, 6.45) is -1.46. The third-order valence-corrected chi connectivity index (χ3v) is 4.49. The second-order valence-electron chi connectivity index (χ2n) is 6.24. The van der Waals surface area contributed by atoms with Crippen LogP contribution in [0.2, 0.25) is 0 Å². The summed E-state index contributed by atoms with van der Waals surface area (Å²) in [4.78, 5) is 23.6. The number of hydrogen-bond acceptors (Lipinski definition) is 2. The standard InChI is InChI=1S/C13H19ClF2O3/c1-11(2,3)13(10(18)19)5-4-12(15,16)6-8(13)9(17)7-14/h8H,4-7H2,1-3H3,(H,18,19). The molecule has 6 heteroatoms. The first kappa shape index (κ1) is 16.3. The molecule has 1 aliphatic rings. The normalized spacial score (nSPS) is 30.9. The summed E-state index contributed by atoms with van der Waals surface area (Å²) in [6.45, 7) is 5.00. The first-order chi connectivity index (χ1) is 8.48. The number of carbonyl (C=O) groups is 2. The zero-order valence-electron chi connectivity index (χ0n) is 11.3. The van der Waals surface area contributed by atoms with Crippen LogP contribution in [0.4, 0.5) is 8.78 Å². The maximum absolute atomic E-state index is 13.6. The van der Waals surface area contributed by atoms with E-state index in [0.29, 0.717) is 0 Å². The Morgan fingerprint density at radius 1 is 1.32 bits per heavy atom. The Hall–Kier alpha value is -0.710. The number of carboxylic acid groups (broad SMARTS) is 1. The third-order valence-electron chi connectivity index (χ3n) is 4.22. The number of carboxylic acids is 1. The van der Waals surface area contributed by atoms with Gasteiger partial charge in [-0.05, 0) is 11.8 Å². The van der Waals surface area contributed by atoms with Gasteiger partial charge in [-0.15, -0.1) is 11.6 Å². The lowest BCUT2D eigenvalue weighted by Crippen LogP contribution is -2.56. The minimum atomic E-state index is -3.00. The molecule has 2 unspecified atom stereocenters. The van der Waals surface area contributed by atoms with Crippen molar-refractivity contribution < 1.29 is 23.5 Å². The second kappa shape index (κ2) is 5.00. The molecule has 1 N–H and O–H groups in total. The molecule has 0 radical (unpaired) electrons. The molecular formula is C13H19ClF2O3. The molecule has 0 bridgehead atoms. The smallest absolute Gasteiger partial charge is 0.310 e. The van der Waals surface area contributed by atoms with Crippen LogP contribution in [0, 0.1) is 16.7 Å². The van der Waals surface area contributed by atoms with Gasteiger partial charge in [0.05, 0.1) is 11.3 Å². The molecule has 0 saturated heterocycles. The van der Waals surface area contributed by atoms with E-state index in [1.165, 1.54) is 0 Å². The van der Waals surface area contributed by atoms with Crippen molar-refractivity contribution in [2.24, 2.45) is 16.7 Å². The van der Waals surface area contributed by atoms with Gasteiger partial charge in [0.15, 0.2) is 5.78 Å². The molecule has 1 rings (SSSR count). The first-order valence-electron chi connectivity index (χ1n) is 6.18. The van der Waals surface area contributed by atoms with Gasteiger partial charge < -0.3 is 5.11 Å². The Morgan fingerprint density at radius 3 is 2.21 bits per heavy atom. The molecule has 19 heavy (non-hydrogen) atoms. The van der Waals surface area contributed by atoms with Crippen molar-refractivity contribution >= 4 is 23.4 Å². The molecule has 0 heterocycles. The van der Waals surface area contributed by atoms with Gasteiger partial charge in [0, 0.05) is 18.8 Å². The topological polar surface area (TPSA) is 54.4 Å². The molecule has 0 aliphatic heterocycles. The summed E-state index contributed by atoms with van der Waals surface area (Å²) < 4.78 is 27.1. The van der Waals surface area contributed by atoms with E-state index in [2.05, 4.69) is 0 Å². The summed E-state index contributed by atoms with van der Waals surface area (Å²) in [6, 6.07) is 0. The van der Waals surface area contributed by atoms with Crippen LogP contribution in [0.3, 0.4) is 0 Å². The largest absolute Gasteiger partial charge is 0.481 e. The molecule has 2 atom stereocenters. The Bertz CT molecular complexity index is 390. The summed E-state index contributed by atoms with van der Waals surface area (Å²) >= 11 is 5.47. The van der Waals surface area contributed by atoms with E-state index in [9.17, 15) is 23.5 Å². The molecule has 0 aromatic carbocycles.